The minimum atomic E-state index is -1.73. The highest BCUT2D eigenvalue weighted by Crippen LogP contribution is 2.31. The van der Waals surface area contributed by atoms with E-state index in [0.717, 1.165) is 19.3 Å². The summed E-state index contributed by atoms with van der Waals surface area (Å²) in [6, 6.07) is 8.53. The summed E-state index contributed by atoms with van der Waals surface area (Å²) >= 11 is 6.21. The van der Waals surface area contributed by atoms with Gasteiger partial charge in [0, 0.05) is 5.56 Å². The zero-order chi connectivity index (χ0) is 16.0. The van der Waals surface area contributed by atoms with Gasteiger partial charge in [-0.05, 0) is 30.9 Å². The number of amides is 1. The lowest BCUT2D eigenvalue weighted by atomic mass is 9.85. The van der Waals surface area contributed by atoms with Crippen molar-refractivity contribution in [1.82, 2.24) is 5.32 Å². The fourth-order valence-corrected chi connectivity index (χ4v) is 3.14. The molecule has 22 heavy (non-hydrogen) atoms. The van der Waals surface area contributed by atoms with Crippen molar-refractivity contribution in [3.05, 3.63) is 35.9 Å². The Morgan fingerprint density at radius 1 is 1.18 bits per heavy atom. The van der Waals surface area contributed by atoms with Gasteiger partial charge in [0.15, 0.2) is 0 Å². The monoisotopic (exact) mass is 323 g/mol. The zero-order valence-electron chi connectivity index (χ0n) is 12.6. The molecule has 0 spiro atoms. The van der Waals surface area contributed by atoms with Gasteiger partial charge in [-0.1, -0.05) is 61.9 Å². The Morgan fingerprint density at radius 3 is 2.41 bits per heavy atom. The van der Waals surface area contributed by atoms with E-state index in [1.54, 1.807) is 30.3 Å². The van der Waals surface area contributed by atoms with Crippen LogP contribution in [0, 0.1) is 5.92 Å². The van der Waals surface area contributed by atoms with Crippen LogP contribution in [0.2, 0.25) is 0 Å². The third-order valence-electron chi connectivity index (χ3n) is 4.31. The van der Waals surface area contributed by atoms with Crippen LogP contribution in [0.1, 0.15) is 55.3 Å². The number of carboxylic acids is 1. The Bertz CT molecular complexity index is 514. The predicted octanol–water partition coefficient (Wildman–Crippen LogP) is 3.80. The maximum atomic E-state index is 12.2. The minimum absolute atomic E-state index is 0.243. The molecular formula is C17H22ClNO3. The summed E-state index contributed by atoms with van der Waals surface area (Å²) in [6.07, 6.45) is 6.87. The Balaban J connectivity index is 1.98. The number of rotatable bonds is 6. The van der Waals surface area contributed by atoms with Crippen molar-refractivity contribution in [1.29, 1.82) is 0 Å². The quantitative estimate of drug-likeness (QED) is 0.618. The Kier molecular flexibility index (Phi) is 5.83. The summed E-state index contributed by atoms with van der Waals surface area (Å²) < 4.78 is 0. The first kappa shape index (κ1) is 16.8. The molecule has 2 rings (SSSR count). The normalized spacial score (nSPS) is 18.4. The number of hydrogen-bond donors (Lipinski definition) is 2. The van der Waals surface area contributed by atoms with Crippen molar-refractivity contribution in [3.63, 3.8) is 0 Å². The molecule has 1 amide bonds. The molecule has 1 saturated carbocycles. The number of nitrogens with one attached hydrogen (secondary N) is 1. The molecule has 0 bridgehead atoms. The molecule has 4 nitrogen and oxygen atoms in total. The molecule has 1 aliphatic rings. The van der Waals surface area contributed by atoms with E-state index < -0.39 is 16.9 Å². The van der Waals surface area contributed by atoms with Crippen LogP contribution in [-0.2, 0) is 4.79 Å². The summed E-state index contributed by atoms with van der Waals surface area (Å²) in [5, 5.41) is 11.9. The first-order chi connectivity index (χ1) is 10.5. The lowest BCUT2D eigenvalue weighted by Gasteiger charge is -2.27. The Morgan fingerprint density at radius 2 is 1.82 bits per heavy atom. The van der Waals surface area contributed by atoms with Gasteiger partial charge in [-0.3, -0.25) is 4.79 Å². The second kappa shape index (κ2) is 7.63. The van der Waals surface area contributed by atoms with Crippen LogP contribution in [0.25, 0.3) is 0 Å². The van der Waals surface area contributed by atoms with Gasteiger partial charge in [0.1, 0.15) is 0 Å². The van der Waals surface area contributed by atoms with E-state index in [1.165, 1.54) is 19.3 Å². The van der Waals surface area contributed by atoms with Gasteiger partial charge in [0.05, 0.1) is 0 Å². The molecule has 1 aliphatic carbocycles. The summed E-state index contributed by atoms with van der Waals surface area (Å²) in [5.41, 5.74) is 0.409. The molecule has 0 aliphatic heterocycles. The van der Waals surface area contributed by atoms with E-state index in [2.05, 4.69) is 5.32 Å². The molecule has 0 heterocycles. The number of carbonyl (C=O) groups is 2. The number of carboxylic acid groups (broad SMARTS) is 1. The number of alkyl halides is 1. The highest BCUT2D eigenvalue weighted by molar-refractivity contribution is 6.34. The van der Waals surface area contributed by atoms with Gasteiger partial charge in [-0.15, -0.1) is 0 Å². The van der Waals surface area contributed by atoms with E-state index >= 15 is 0 Å². The molecule has 0 unspecified atom stereocenters. The highest BCUT2D eigenvalue weighted by atomic mass is 35.5. The van der Waals surface area contributed by atoms with Gasteiger partial charge >= 0.3 is 5.97 Å². The van der Waals surface area contributed by atoms with Crippen molar-refractivity contribution >= 4 is 23.5 Å². The van der Waals surface area contributed by atoms with Crippen LogP contribution < -0.4 is 5.32 Å². The van der Waals surface area contributed by atoms with Crippen LogP contribution in [0.15, 0.2) is 30.3 Å². The number of hydrogen-bond acceptors (Lipinski definition) is 2. The maximum absolute atomic E-state index is 12.2. The van der Waals surface area contributed by atoms with E-state index in [4.69, 9.17) is 11.6 Å². The predicted molar refractivity (Wildman–Crippen MR) is 85.9 cm³/mol. The Labute approximate surface area is 135 Å². The van der Waals surface area contributed by atoms with Crippen LogP contribution in [0.4, 0.5) is 0 Å². The van der Waals surface area contributed by atoms with Gasteiger partial charge in [-0.25, -0.2) is 4.79 Å². The second-order valence-electron chi connectivity index (χ2n) is 5.97. The highest BCUT2D eigenvalue weighted by Gasteiger charge is 2.38. The molecule has 120 valence electrons. The first-order valence-electron chi connectivity index (χ1n) is 7.81. The molecule has 0 saturated heterocycles. The smallest absolute Gasteiger partial charge is 0.345 e. The largest absolute Gasteiger partial charge is 0.479 e. The van der Waals surface area contributed by atoms with Crippen LogP contribution in [-0.4, -0.2) is 22.0 Å². The fourth-order valence-electron chi connectivity index (χ4n) is 2.94. The lowest BCUT2D eigenvalue weighted by Crippen LogP contribution is -2.50. The third-order valence-corrected chi connectivity index (χ3v) is 4.75. The van der Waals surface area contributed by atoms with Gasteiger partial charge < -0.3 is 10.4 Å². The Hall–Kier alpha value is -1.55. The topological polar surface area (TPSA) is 66.4 Å². The molecule has 2 N–H and O–H groups in total. The minimum Gasteiger partial charge on any atom is -0.479 e. The molecule has 1 aromatic rings. The average Bonchev–Trinajstić information content (AvgIpc) is 2.54. The lowest BCUT2D eigenvalue weighted by molar-refractivity contribution is -0.141. The number of aliphatic carboxylic acids is 1. The van der Waals surface area contributed by atoms with Crippen molar-refractivity contribution < 1.29 is 14.7 Å². The standard InChI is InChI=1S/C17H22ClNO3/c18-17(16(21)22,12-11-13-7-3-1-4-8-13)19-15(20)14-9-5-2-6-10-14/h2,5-6,9-10,13H,1,3-4,7-8,11-12H2,(H,19,20)(H,21,22)/t17-/m1/s1. The van der Waals surface area contributed by atoms with Crippen molar-refractivity contribution in [3.8, 4) is 0 Å². The summed E-state index contributed by atoms with van der Waals surface area (Å²) in [7, 11) is 0. The molecule has 0 aromatic heterocycles. The van der Waals surface area contributed by atoms with Crippen molar-refractivity contribution in [2.75, 3.05) is 0 Å². The van der Waals surface area contributed by atoms with Crippen LogP contribution in [0.3, 0.4) is 0 Å². The van der Waals surface area contributed by atoms with Gasteiger partial charge in [0.25, 0.3) is 5.91 Å². The van der Waals surface area contributed by atoms with E-state index in [-0.39, 0.29) is 6.42 Å². The first-order valence-corrected chi connectivity index (χ1v) is 8.19. The molecule has 0 radical (unpaired) electrons. The average molecular weight is 324 g/mol. The number of halogens is 1. The van der Waals surface area contributed by atoms with E-state index in [9.17, 15) is 14.7 Å². The SMILES string of the molecule is O=C(N[C@](Cl)(CCC1CCCCC1)C(=O)O)c1ccccc1. The maximum Gasteiger partial charge on any atom is 0.345 e. The summed E-state index contributed by atoms with van der Waals surface area (Å²) in [4.78, 5) is 21.9. The second-order valence-corrected chi connectivity index (χ2v) is 6.61. The molecule has 5 heteroatoms. The summed E-state index contributed by atoms with van der Waals surface area (Å²) in [6.45, 7) is 0. The van der Waals surface area contributed by atoms with E-state index in [1.807, 2.05) is 0 Å². The fraction of sp³-hybridized carbons (Fsp3) is 0.529. The number of carbonyl (C=O) groups excluding carboxylic acids is 1. The summed E-state index contributed by atoms with van der Waals surface area (Å²) in [5.74, 6) is -1.14. The van der Waals surface area contributed by atoms with Crippen molar-refractivity contribution in [2.24, 2.45) is 5.92 Å². The van der Waals surface area contributed by atoms with E-state index in [0.29, 0.717) is 11.5 Å². The zero-order valence-corrected chi connectivity index (χ0v) is 13.3. The molecule has 1 atom stereocenters. The molecule has 1 fully saturated rings. The molecule has 1 aromatic carbocycles. The number of benzene rings is 1. The van der Waals surface area contributed by atoms with Gasteiger partial charge in [-0.2, -0.15) is 0 Å². The van der Waals surface area contributed by atoms with Crippen LogP contribution >= 0.6 is 11.6 Å². The van der Waals surface area contributed by atoms with Crippen molar-refractivity contribution in [2.45, 2.75) is 49.9 Å². The third kappa shape index (κ3) is 4.47. The van der Waals surface area contributed by atoms with Crippen LogP contribution in [0.5, 0.6) is 0 Å². The van der Waals surface area contributed by atoms with Gasteiger partial charge in [0.2, 0.25) is 5.00 Å². The molecular weight excluding hydrogens is 302 g/mol.